The standard InChI is InChI=1S/C54H42N2/c1-2-13-39(14-3-1)56-51-21-11-9-19-46(51)48-33-41(23-25-52(48)56)55(53-31-36-12-4-5-15-42(36)43-16-6-7-18-45(43)53)40-22-24-50-47(32-40)44-17-8-10-20-49(44)54(50)37-27-34-26-35(29-37)30-38(54)28-34/h1-25,31-35,37-38H,26-30H2. The lowest BCUT2D eigenvalue weighted by Gasteiger charge is -2.61. The predicted octanol–water partition coefficient (Wildman–Crippen LogP) is 14.3. The number of hydrogen-bond donors (Lipinski definition) is 0. The minimum Gasteiger partial charge on any atom is -0.310 e. The highest BCUT2D eigenvalue weighted by Crippen LogP contribution is 2.69. The predicted molar refractivity (Wildman–Crippen MR) is 234 cm³/mol. The van der Waals surface area contributed by atoms with Gasteiger partial charge in [0.15, 0.2) is 0 Å². The van der Waals surface area contributed by atoms with Gasteiger partial charge in [-0.15, -0.1) is 0 Å². The van der Waals surface area contributed by atoms with Crippen molar-refractivity contribution in [2.75, 3.05) is 4.90 Å². The van der Waals surface area contributed by atoms with Gasteiger partial charge in [0.05, 0.1) is 16.7 Å². The van der Waals surface area contributed by atoms with Crippen molar-refractivity contribution in [2.24, 2.45) is 23.7 Å². The molecule has 4 fully saturated rings. The Morgan fingerprint density at radius 1 is 0.429 bits per heavy atom. The van der Waals surface area contributed by atoms with Crippen LogP contribution in [0, 0.1) is 23.7 Å². The highest BCUT2D eigenvalue weighted by molar-refractivity contribution is 6.16. The molecule has 0 N–H and O–H groups in total. The Hall–Kier alpha value is -6.12. The third kappa shape index (κ3) is 4.12. The normalized spacial score (nSPS) is 23.1. The van der Waals surface area contributed by atoms with Gasteiger partial charge in [0.2, 0.25) is 0 Å². The summed E-state index contributed by atoms with van der Waals surface area (Å²) in [6.07, 6.45) is 7.06. The van der Waals surface area contributed by atoms with E-state index in [0.29, 0.717) is 0 Å². The Labute approximate surface area is 327 Å². The first-order chi connectivity index (χ1) is 27.7. The van der Waals surface area contributed by atoms with Crippen LogP contribution < -0.4 is 4.90 Å². The Bertz CT molecular complexity index is 3030. The van der Waals surface area contributed by atoms with Crippen LogP contribution in [0.1, 0.15) is 43.2 Å². The van der Waals surface area contributed by atoms with E-state index in [2.05, 4.69) is 179 Å². The molecule has 5 aliphatic carbocycles. The molecule has 0 unspecified atom stereocenters. The first kappa shape index (κ1) is 31.1. The molecule has 0 radical (unpaired) electrons. The summed E-state index contributed by atoms with van der Waals surface area (Å²) in [7, 11) is 0. The van der Waals surface area contributed by atoms with Crippen molar-refractivity contribution in [1.29, 1.82) is 0 Å². The van der Waals surface area contributed by atoms with Crippen LogP contribution in [-0.4, -0.2) is 4.57 Å². The highest BCUT2D eigenvalue weighted by atomic mass is 15.1. The van der Waals surface area contributed by atoms with Crippen LogP contribution in [0.15, 0.2) is 170 Å². The third-order valence-electron chi connectivity index (χ3n) is 14.7. The van der Waals surface area contributed by atoms with Crippen LogP contribution >= 0.6 is 0 Å². The molecule has 56 heavy (non-hydrogen) atoms. The Kier molecular flexibility index (Phi) is 6.37. The number of nitrogens with zero attached hydrogens (tertiary/aromatic N) is 2. The monoisotopic (exact) mass is 718 g/mol. The number of para-hydroxylation sites is 2. The molecule has 0 amide bonds. The average Bonchev–Trinajstić information content (AvgIpc) is 3.73. The summed E-state index contributed by atoms with van der Waals surface area (Å²) in [5.74, 6) is 3.35. The lowest BCUT2D eigenvalue weighted by Crippen LogP contribution is -2.55. The number of rotatable bonds is 4. The summed E-state index contributed by atoms with van der Waals surface area (Å²) < 4.78 is 2.42. The van der Waals surface area contributed by atoms with Gasteiger partial charge in [-0.2, -0.15) is 0 Å². The summed E-state index contributed by atoms with van der Waals surface area (Å²) >= 11 is 0. The zero-order valence-electron chi connectivity index (χ0n) is 31.4. The zero-order chi connectivity index (χ0) is 36.5. The van der Waals surface area contributed by atoms with Gasteiger partial charge in [-0.1, -0.05) is 115 Å². The van der Waals surface area contributed by atoms with Crippen LogP contribution in [0.3, 0.4) is 0 Å². The molecule has 4 bridgehead atoms. The van der Waals surface area contributed by atoms with Gasteiger partial charge >= 0.3 is 0 Å². The molecule has 8 aromatic carbocycles. The fourth-order valence-electron chi connectivity index (χ4n) is 12.9. The molecule has 0 atom stereocenters. The van der Waals surface area contributed by atoms with Gasteiger partial charge in [0.25, 0.3) is 0 Å². The van der Waals surface area contributed by atoms with Gasteiger partial charge in [0, 0.05) is 38.6 Å². The second kappa shape index (κ2) is 11.5. The molecule has 0 aliphatic heterocycles. The van der Waals surface area contributed by atoms with Gasteiger partial charge < -0.3 is 9.47 Å². The molecule has 4 saturated carbocycles. The van der Waals surface area contributed by atoms with Crippen LogP contribution in [0.4, 0.5) is 17.1 Å². The first-order valence-corrected chi connectivity index (χ1v) is 20.8. The van der Waals surface area contributed by atoms with Crippen molar-refractivity contribution in [1.82, 2.24) is 4.57 Å². The van der Waals surface area contributed by atoms with Crippen molar-refractivity contribution in [3.05, 3.63) is 181 Å². The Morgan fingerprint density at radius 3 is 1.86 bits per heavy atom. The van der Waals surface area contributed by atoms with E-state index in [1.165, 1.54) is 109 Å². The molecule has 14 rings (SSSR count). The second-order valence-corrected chi connectivity index (χ2v) is 17.3. The SMILES string of the molecule is c1ccc(-n2c3ccccc3c3cc(N(c4ccc5c(c4)-c4ccccc4C54C5CC6CC(C5)CC4C6)c4cc5ccccc5c5ccccc45)ccc32)cc1. The van der Waals surface area contributed by atoms with Crippen LogP contribution in [0.5, 0.6) is 0 Å². The maximum atomic E-state index is 2.57. The maximum absolute atomic E-state index is 2.57. The van der Waals surface area contributed by atoms with E-state index in [1.807, 2.05) is 0 Å². The molecule has 1 heterocycles. The van der Waals surface area contributed by atoms with E-state index in [1.54, 1.807) is 11.1 Å². The van der Waals surface area contributed by atoms with E-state index in [-0.39, 0.29) is 5.41 Å². The summed E-state index contributed by atoms with van der Waals surface area (Å²) in [5, 5.41) is 7.62. The molecule has 1 aromatic heterocycles. The Balaban J connectivity index is 1.08. The molecule has 5 aliphatic rings. The number of hydrogen-bond acceptors (Lipinski definition) is 1. The molecule has 2 heteroatoms. The molecular formula is C54H42N2. The minimum absolute atomic E-state index is 0.149. The van der Waals surface area contributed by atoms with Crippen molar-refractivity contribution < 1.29 is 0 Å². The van der Waals surface area contributed by atoms with E-state index < -0.39 is 0 Å². The smallest absolute Gasteiger partial charge is 0.0546 e. The van der Waals surface area contributed by atoms with Gasteiger partial charge in [-0.05, 0) is 149 Å². The van der Waals surface area contributed by atoms with E-state index in [9.17, 15) is 0 Å². The van der Waals surface area contributed by atoms with E-state index >= 15 is 0 Å². The number of aromatic nitrogens is 1. The largest absolute Gasteiger partial charge is 0.310 e. The topological polar surface area (TPSA) is 8.17 Å². The van der Waals surface area contributed by atoms with Crippen molar-refractivity contribution in [3.63, 3.8) is 0 Å². The Morgan fingerprint density at radius 2 is 1.04 bits per heavy atom. The van der Waals surface area contributed by atoms with E-state index in [0.717, 1.165) is 23.7 Å². The van der Waals surface area contributed by atoms with Gasteiger partial charge in [0.1, 0.15) is 0 Å². The third-order valence-corrected chi connectivity index (χ3v) is 14.7. The number of benzene rings is 8. The fourth-order valence-corrected chi connectivity index (χ4v) is 12.9. The average molecular weight is 719 g/mol. The summed E-state index contributed by atoms with van der Waals surface area (Å²) in [5.41, 5.74) is 13.5. The fraction of sp³-hybridized carbons (Fsp3) is 0.185. The summed E-state index contributed by atoms with van der Waals surface area (Å²) in [4.78, 5) is 2.56. The number of fused-ring (bicyclic) bond motifs is 9. The lowest BCUT2D eigenvalue weighted by molar-refractivity contribution is -0.0399. The van der Waals surface area contributed by atoms with Gasteiger partial charge in [-0.25, -0.2) is 0 Å². The first-order valence-electron chi connectivity index (χ1n) is 20.8. The van der Waals surface area contributed by atoms with Crippen molar-refractivity contribution in [3.8, 4) is 16.8 Å². The van der Waals surface area contributed by atoms with E-state index in [4.69, 9.17) is 0 Å². The molecule has 268 valence electrons. The second-order valence-electron chi connectivity index (χ2n) is 17.3. The molecule has 2 nitrogen and oxygen atoms in total. The number of anilines is 3. The van der Waals surface area contributed by atoms with Crippen molar-refractivity contribution >= 4 is 60.4 Å². The molecule has 1 spiro atoms. The molecular weight excluding hydrogens is 677 g/mol. The maximum Gasteiger partial charge on any atom is 0.0546 e. The quantitative estimate of drug-likeness (QED) is 0.165. The molecule has 9 aromatic rings. The molecule has 0 saturated heterocycles. The summed E-state index contributed by atoms with van der Waals surface area (Å²) in [6.45, 7) is 0. The highest BCUT2D eigenvalue weighted by Gasteiger charge is 2.61. The van der Waals surface area contributed by atoms with Gasteiger partial charge in [-0.3, -0.25) is 0 Å². The zero-order valence-corrected chi connectivity index (χ0v) is 31.4. The minimum atomic E-state index is 0.149. The summed E-state index contributed by atoms with van der Waals surface area (Å²) in [6, 6.07) is 64.3. The van der Waals surface area contributed by atoms with Crippen molar-refractivity contribution in [2.45, 2.75) is 37.5 Å². The van der Waals surface area contributed by atoms with Crippen LogP contribution in [0.25, 0.3) is 60.2 Å². The van der Waals surface area contributed by atoms with Crippen LogP contribution in [-0.2, 0) is 5.41 Å². The van der Waals surface area contributed by atoms with Crippen LogP contribution in [0.2, 0.25) is 0 Å². The lowest BCUT2D eigenvalue weighted by atomic mass is 9.43.